The van der Waals surface area contributed by atoms with E-state index in [9.17, 15) is 0 Å². The van der Waals surface area contributed by atoms with Gasteiger partial charge in [0.15, 0.2) is 0 Å². The highest BCUT2D eigenvalue weighted by molar-refractivity contribution is 7.80. The fourth-order valence-electron chi connectivity index (χ4n) is 2.85. The van der Waals surface area contributed by atoms with Crippen molar-refractivity contribution in [1.29, 1.82) is 0 Å². The zero-order chi connectivity index (χ0) is 17.1. The molecular formula is C20H18N4S. The summed E-state index contributed by atoms with van der Waals surface area (Å²) in [6, 6.07) is 20.5. The smallest absolute Gasteiger partial charge is 0.122 e. The van der Waals surface area contributed by atoms with Gasteiger partial charge in [0.25, 0.3) is 0 Å². The average Bonchev–Trinajstić information content (AvgIpc) is 3.33. The molecule has 0 saturated carbocycles. The lowest BCUT2D eigenvalue weighted by atomic mass is 10.1. The molecule has 0 aliphatic rings. The van der Waals surface area contributed by atoms with Crippen molar-refractivity contribution in [3.63, 3.8) is 0 Å². The van der Waals surface area contributed by atoms with E-state index < -0.39 is 0 Å². The molecule has 2 heterocycles. The predicted octanol–water partition coefficient (Wildman–Crippen LogP) is 4.61. The first kappa shape index (κ1) is 15.7. The van der Waals surface area contributed by atoms with Crippen molar-refractivity contribution >= 4 is 12.6 Å². The van der Waals surface area contributed by atoms with Gasteiger partial charge in [-0.25, -0.2) is 9.97 Å². The molecule has 0 radical (unpaired) electrons. The second-order valence-electron chi connectivity index (χ2n) is 5.85. The molecule has 2 aromatic heterocycles. The lowest BCUT2D eigenvalue weighted by Gasteiger charge is -2.08. The van der Waals surface area contributed by atoms with Crippen LogP contribution in [0.5, 0.6) is 0 Å². The third-order valence-electron chi connectivity index (χ3n) is 4.09. The molecule has 5 heteroatoms. The lowest BCUT2D eigenvalue weighted by molar-refractivity contribution is 0.666. The van der Waals surface area contributed by atoms with E-state index in [1.54, 1.807) is 12.5 Å². The normalized spacial score (nSPS) is 12.2. The van der Waals surface area contributed by atoms with Gasteiger partial charge in [0.2, 0.25) is 0 Å². The fourth-order valence-corrected chi connectivity index (χ4v) is 3.16. The van der Waals surface area contributed by atoms with Crippen molar-refractivity contribution in [3.8, 4) is 22.5 Å². The van der Waals surface area contributed by atoms with Gasteiger partial charge in [-0.2, -0.15) is 12.6 Å². The van der Waals surface area contributed by atoms with Crippen molar-refractivity contribution in [3.05, 3.63) is 85.2 Å². The van der Waals surface area contributed by atoms with Crippen molar-refractivity contribution in [2.24, 2.45) is 0 Å². The number of aromatic amines is 1. The van der Waals surface area contributed by atoms with Gasteiger partial charge >= 0.3 is 0 Å². The molecule has 0 amide bonds. The third-order valence-corrected chi connectivity index (χ3v) is 4.50. The minimum atomic E-state index is -0.0471. The molecule has 0 spiro atoms. The Balaban J connectivity index is 1.75. The number of imidazole rings is 2. The molecular weight excluding hydrogens is 328 g/mol. The zero-order valence-corrected chi connectivity index (χ0v) is 14.5. The summed E-state index contributed by atoms with van der Waals surface area (Å²) < 4.78 is 2.00. The van der Waals surface area contributed by atoms with E-state index in [0.717, 1.165) is 28.3 Å². The molecule has 0 saturated heterocycles. The summed E-state index contributed by atoms with van der Waals surface area (Å²) in [5.41, 5.74) is 4.17. The van der Waals surface area contributed by atoms with Crippen LogP contribution in [0.2, 0.25) is 0 Å². The number of hydrogen-bond acceptors (Lipinski definition) is 3. The third kappa shape index (κ3) is 3.37. The van der Waals surface area contributed by atoms with Crippen LogP contribution in [0.15, 0.2) is 79.4 Å². The highest BCUT2D eigenvalue weighted by Gasteiger charge is 2.18. The SMILES string of the molecule is SC(Cn1ccnc1)c1nc(-c2ccccc2)c(-c2ccccc2)[nH]1. The summed E-state index contributed by atoms with van der Waals surface area (Å²) in [5, 5.41) is -0.0471. The van der Waals surface area contributed by atoms with Crippen molar-refractivity contribution in [1.82, 2.24) is 19.5 Å². The molecule has 124 valence electrons. The molecule has 4 aromatic rings. The Kier molecular flexibility index (Phi) is 4.39. The van der Waals surface area contributed by atoms with Crippen LogP contribution in [0, 0.1) is 0 Å². The lowest BCUT2D eigenvalue weighted by Crippen LogP contribution is -2.04. The van der Waals surface area contributed by atoms with Crippen molar-refractivity contribution < 1.29 is 0 Å². The standard InChI is InChI=1S/C20H18N4S/c25-17(13-24-12-11-21-14-24)20-22-18(15-7-3-1-4-8-15)19(23-20)16-9-5-2-6-10-16/h1-12,14,17,25H,13H2,(H,22,23). The molecule has 0 fully saturated rings. The summed E-state index contributed by atoms with van der Waals surface area (Å²) in [4.78, 5) is 12.4. The summed E-state index contributed by atoms with van der Waals surface area (Å²) in [5.74, 6) is 0.856. The van der Waals surface area contributed by atoms with Crippen molar-refractivity contribution in [2.45, 2.75) is 11.8 Å². The number of benzene rings is 2. The van der Waals surface area contributed by atoms with Crippen molar-refractivity contribution in [2.75, 3.05) is 0 Å². The maximum absolute atomic E-state index is 4.87. The molecule has 1 unspecified atom stereocenters. The van der Waals surface area contributed by atoms with Gasteiger partial charge < -0.3 is 9.55 Å². The maximum Gasteiger partial charge on any atom is 0.122 e. The first-order valence-corrected chi connectivity index (χ1v) is 8.67. The summed E-state index contributed by atoms with van der Waals surface area (Å²) in [6.07, 6.45) is 5.50. The molecule has 1 atom stereocenters. The Labute approximate surface area is 152 Å². The molecule has 2 aromatic carbocycles. The Bertz CT molecular complexity index is 874. The number of nitrogens with one attached hydrogen (secondary N) is 1. The molecule has 0 bridgehead atoms. The van der Waals surface area contributed by atoms with Crippen LogP contribution in [0.3, 0.4) is 0 Å². The topological polar surface area (TPSA) is 46.5 Å². The van der Waals surface area contributed by atoms with E-state index in [-0.39, 0.29) is 5.25 Å². The van der Waals surface area contributed by atoms with Gasteiger partial charge in [-0.15, -0.1) is 0 Å². The van der Waals surface area contributed by atoms with E-state index in [2.05, 4.69) is 34.2 Å². The minimum absolute atomic E-state index is 0.0471. The van der Waals surface area contributed by atoms with Crippen LogP contribution in [0.25, 0.3) is 22.5 Å². The minimum Gasteiger partial charge on any atom is -0.340 e. The monoisotopic (exact) mass is 346 g/mol. The number of thiol groups is 1. The van der Waals surface area contributed by atoms with E-state index in [4.69, 9.17) is 17.6 Å². The predicted molar refractivity (Wildman–Crippen MR) is 103 cm³/mol. The largest absolute Gasteiger partial charge is 0.340 e. The summed E-state index contributed by atoms with van der Waals surface area (Å²) in [7, 11) is 0. The van der Waals surface area contributed by atoms with E-state index in [0.29, 0.717) is 6.54 Å². The van der Waals surface area contributed by atoms with Gasteiger partial charge in [0, 0.05) is 30.1 Å². The van der Waals surface area contributed by atoms with Gasteiger partial charge in [-0.1, -0.05) is 60.7 Å². The number of aromatic nitrogens is 4. The molecule has 25 heavy (non-hydrogen) atoms. The van der Waals surface area contributed by atoms with Crippen LogP contribution >= 0.6 is 12.6 Å². The Hall–Kier alpha value is -2.79. The second kappa shape index (κ2) is 6.99. The van der Waals surface area contributed by atoms with Gasteiger partial charge in [0.1, 0.15) is 5.82 Å². The summed E-state index contributed by atoms with van der Waals surface area (Å²) >= 11 is 4.75. The highest BCUT2D eigenvalue weighted by atomic mass is 32.1. The Morgan fingerprint density at radius 3 is 2.28 bits per heavy atom. The summed E-state index contributed by atoms with van der Waals surface area (Å²) in [6.45, 7) is 0.707. The molecule has 4 nitrogen and oxygen atoms in total. The first-order valence-electron chi connectivity index (χ1n) is 8.16. The van der Waals surface area contributed by atoms with Crippen LogP contribution in [-0.2, 0) is 6.54 Å². The average molecular weight is 346 g/mol. The van der Waals surface area contributed by atoms with E-state index in [1.165, 1.54) is 0 Å². The van der Waals surface area contributed by atoms with Crippen LogP contribution in [-0.4, -0.2) is 19.5 Å². The molecule has 1 N–H and O–H groups in total. The van der Waals surface area contributed by atoms with Crippen LogP contribution in [0.1, 0.15) is 11.1 Å². The van der Waals surface area contributed by atoms with Gasteiger partial charge in [-0.05, 0) is 0 Å². The number of H-pyrrole nitrogens is 1. The van der Waals surface area contributed by atoms with Crippen LogP contribution in [0.4, 0.5) is 0 Å². The van der Waals surface area contributed by atoms with E-state index in [1.807, 2.05) is 47.2 Å². The quantitative estimate of drug-likeness (QED) is 0.518. The number of nitrogens with zero attached hydrogens (tertiary/aromatic N) is 3. The highest BCUT2D eigenvalue weighted by Crippen LogP contribution is 2.32. The van der Waals surface area contributed by atoms with Gasteiger partial charge in [-0.3, -0.25) is 0 Å². The first-order chi connectivity index (χ1) is 12.3. The fraction of sp³-hybridized carbons (Fsp3) is 0.100. The number of rotatable bonds is 5. The molecule has 0 aliphatic heterocycles. The Morgan fingerprint density at radius 1 is 0.960 bits per heavy atom. The maximum atomic E-state index is 4.87. The molecule has 0 aliphatic carbocycles. The van der Waals surface area contributed by atoms with Crippen LogP contribution < -0.4 is 0 Å². The number of hydrogen-bond donors (Lipinski definition) is 2. The Morgan fingerprint density at radius 2 is 1.64 bits per heavy atom. The molecule has 4 rings (SSSR count). The second-order valence-corrected chi connectivity index (χ2v) is 6.48. The van der Waals surface area contributed by atoms with E-state index >= 15 is 0 Å². The zero-order valence-electron chi connectivity index (χ0n) is 13.6. The van der Waals surface area contributed by atoms with Gasteiger partial charge in [0.05, 0.1) is 23.0 Å².